The van der Waals surface area contributed by atoms with Crippen LogP contribution in [0.1, 0.15) is 36.5 Å². The Kier molecular flexibility index (Phi) is 4.39. The molecule has 0 atom stereocenters. The minimum atomic E-state index is 0.589. The van der Waals surface area contributed by atoms with E-state index < -0.39 is 0 Å². The van der Waals surface area contributed by atoms with E-state index in [1.807, 2.05) is 7.05 Å². The maximum Gasteiger partial charge on any atom is 0.0202 e. The Labute approximate surface area is 116 Å². The topological polar surface area (TPSA) is 12.0 Å². The van der Waals surface area contributed by atoms with Gasteiger partial charge in [-0.15, -0.1) is 0 Å². The fourth-order valence-electron chi connectivity index (χ4n) is 2.34. The third-order valence-electron chi connectivity index (χ3n) is 3.57. The van der Waals surface area contributed by atoms with E-state index in [0.29, 0.717) is 5.92 Å². The first-order valence-electron chi connectivity index (χ1n) is 6.96. The number of nitrogens with one attached hydrogen (secondary N) is 1. The molecule has 0 fully saturated rings. The average molecular weight is 253 g/mol. The van der Waals surface area contributed by atoms with E-state index in [4.69, 9.17) is 0 Å². The zero-order valence-electron chi connectivity index (χ0n) is 12.3. The molecule has 1 nitrogen and oxygen atoms in total. The molecule has 0 unspecified atom stereocenters. The van der Waals surface area contributed by atoms with E-state index >= 15 is 0 Å². The Morgan fingerprint density at radius 2 is 1.68 bits per heavy atom. The van der Waals surface area contributed by atoms with Gasteiger partial charge in [0.15, 0.2) is 0 Å². The van der Waals surface area contributed by atoms with Crippen molar-refractivity contribution in [2.24, 2.45) is 0 Å². The molecule has 2 rings (SSSR count). The number of rotatable bonds is 4. The highest BCUT2D eigenvalue weighted by Crippen LogP contribution is 2.26. The van der Waals surface area contributed by atoms with E-state index in [1.165, 1.54) is 27.8 Å². The summed E-state index contributed by atoms with van der Waals surface area (Å²) < 4.78 is 0. The second-order valence-electron chi connectivity index (χ2n) is 5.46. The number of hydrogen-bond acceptors (Lipinski definition) is 1. The van der Waals surface area contributed by atoms with Gasteiger partial charge < -0.3 is 5.32 Å². The van der Waals surface area contributed by atoms with Crippen molar-refractivity contribution in [1.82, 2.24) is 5.32 Å². The standard InChI is InChI=1S/C18H23N/c1-13(2)16-7-9-17(10-8-16)18-11-15(12-19-4)6-5-14(18)3/h5-11,13,19H,12H2,1-4H3. The minimum absolute atomic E-state index is 0.589. The fourth-order valence-corrected chi connectivity index (χ4v) is 2.34. The van der Waals surface area contributed by atoms with Gasteiger partial charge in [-0.05, 0) is 53.8 Å². The summed E-state index contributed by atoms with van der Waals surface area (Å²) in [5.41, 5.74) is 6.70. The largest absolute Gasteiger partial charge is 0.316 e. The number of aryl methyl sites for hydroxylation is 1. The molecule has 100 valence electrons. The lowest BCUT2D eigenvalue weighted by Crippen LogP contribution is -2.05. The molecule has 0 aliphatic carbocycles. The van der Waals surface area contributed by atoms with Crippen LogP contribution in [0.25, 0.3) is 11.1 Å². The van der Waals surface area contributed by atoms with Crippen molar-refractivity contribution in [3.8, 4) is 11.1 Å². The van der Waals surface area contributed by atoms with E-state index in [1.54, 1.807) is 0 Å². The monoisotopic (exact) mass is 253 g/mol. The lowest BCUT2D eigenvalue weighted by Gasteiger charge is -2.11. The van der Waals surface area contributed by atoms with Crippen LogP contribution in [0.4, 0.5) is 0 Å². The minimum Gasteiger partial charge on any atom is -0.316 e. The number of hydrogen-bond donors (Lipinski definition) is 1. The second kappa shape index (κ2) is 6.03. The van der Waals surface area contributed by atoms with Crippen molar-refractivity contribution in [3.05, 3.63) is 59.2 Å². The molecular weight excluding hydrogens is 230 g/mol. The lowest BCUT2D eigenvalue weighted by molar-refractivity contribution is 0.818. The van der Waals surface area contributed by atoms with Gasteiger partial charge in [0.05, 0.1) is 0 Å². The third-order valence-corrected chi connectivity index (χ3v) is 3.57. The summed E-state index contributed by atoms with van der Waals surface area (Å²) in [7, 11) is 1.98. The molecule has 0 aromatic heterocycles. The smallest absolute Gasteiger partial charge is 0.0202 e. The van der Waals surface area contributed by atoms with Crippen molar-refractivity contribution in [2.75, 3.05) is 7.05 Å². The molecule has 0 spiro atoms. The molecule has 0 radical (unpaired) electrons. The summed E-state index contributed by atoms with van der Waals surface area (Å²) in [5, 5.41) is 3.21. The summed E-state index contributed by atoms with van der Waals surface area (Å²) in [6, 6.07) is 15.6. The van der Waals surface area contributed by atoms with Gasteiger partial charge >= 0.3 is 0 Å². The fraction of sp³-hybridized carbons (Fsp3) is 0.333. The Hall–Kier alpha value is -1.60. The van der Waals surface area contributed by atoms with Gasteiger partial charge in [0.2, 0.25) is 0 Å². The Bertz CT molecular complexity index is 538. The van der Waals surface area contributed by atoms with Gasteiger partial charge in [0, 0.05) is 6.54 Å². The van der Waals surface area contributed by atoms with Gasteiger partial charge in [0.1, 0.15) is 0 Å². The predicted molar refractivity (Wildman–Crippen MR) is 83.5 cm³/mol. The first-order chi connectivity index (χ1) is 9.11. The molecule has 0 amide bonds. The first kappa shape index (κ1) is 13.8. The maximum absolute atomic E-state index is 3.21. The maximum atomic E-state index is 3.21. The van der Waals surface area contributed by atoms with Crippen molar-refractivity contribution >= 4 is 0 Å². The van der Waals surface area contributed by atoms with Crippen molar-refractivity contribution in [2.45, 2.75) is 33.2 Å². The Balaban J connectivity index is 2.37. The first-order valence-corrected chi connectivity index (χ1v) is 6.96. The summed E-state index contributed by atoms with van der Waals surface area (Å²) in [4.78, 5) is 0. The van der Waals surface area contributed by atoms with Crippen LogP contribution in [0.15, 0.2) is 42.5 Å². The van der Waals surface area contributed by atoms with Crippen LogP contribution in [0.5, 0.6) is 0 Å². The molecule has 0 aliphatic rings. The highest BCUT2D eigenvalue weighted by atomic mass is 14.8. The second-order valence-corrected chi connectivity index (χ2v) is 5.46. The van der Waals surface area contributed by atoms with E-state index in [9.17, 15) is 0 Å². The molecule has 2 aromatic carbocycles. The van der Waals surface area contributed by atoms with Crippen LogP contribution >= 0.6 is 0 Å². The van der Waals surface area contributed by atoms with Crippen molar-refractivity contribution < 1.29 is 0 Å². The zero-order valence-corrected chi connectivity index (χ0v) is 12.3. The Morgan fingerprint density at radius 1 is 1.00 bits per heavy atom. The summed E-state index contributed by atoms with van der Waals surface area (Å²) in [5.74, 6) is 0.589. The van der Waals surface area contributed by atoms with Crippen LogP contribution in [-0.2, 0) is 6.54 Å². The van der Waals surface area contributed by atoms with E-state index in [0.717, 1.165) is 6.54 Å². The predicted octanol–water partition coefficient (Wildman–Crippen LogP) is 4.50. The number of benzene rings is 2. The molecule has 1 heteroatoms. The molecule has 0 bridgehead atoms. The SMILES string of the molecule is CNCc1ccc(C)c(-c2ccc(C(C)C)cc2)c1. The molecule has 1 N–H and O–H groups in total. The van der Waals surface area contributed by atoms with Crippen LogP contribution in [0.2, 0.25) is 0 Å². The normalized spacial score (nSPS) is 11.0. The van der Waals surface area contributed by atoms with E-state index in [2.05, 4.69) is 68.6 Å². The van der Waals surface area contributed by atoms with Crippen LogP contribution in [0, 0.1) is 6.92 Å². The average Bonchev–Trinajstić information content (AvgIpc) is 2.41. The highest BCUT2D eigenvalue weighted by Gasteiger charge is 2.05. The molecular formula is C18H23N. The summed E-state index contributed by atoms with van der Waals surface area (Å²) in [6.45, 7) is 7.55. The summed E-state index contributed by atoms with van der Waals surface area (Å²) >= 11 is 0. The van der Waals surface area contributed by atoms with Gasteiger partial charge in [-0.25, -0.2) is 0 Å². The lowest BCUT2D eigenvalue weighted by atomic mass is 9.95. The highest BCUT2D eigenvalue weighted by molar-refractivity contribution is 5.68. The molecule has 2 aromatic rings. The molecule has 0 aliphatic heterocycles. The van der Waals surface area contributed by atoms with Crippen LogP contribution < -0.4 is 5.32 Å². The zero-order chi connectivity index (χ0) is 13.8. The quantitative estimate of drug-likeness (QED) is 0.845. The molecule has 0 saturated heterocycles. The van der Waals surface area contributed by atoms with Gasteiger partial charge in [-0.1, -0.05) is 50.2 Å². The van der Waals surface area contributed by atoms with Crippen LogP contribution in [-0.4, -0.2) is 7.05 Å². The van der Waals surface area contributed by atoms with Gasteiger partial charge in [-0.3, -0.25) is 0 Å². The third kappa shape index (κ3) is 3.24. The molecule has 0 saturated carbocycles. The summed E-state index contributed by atoms with van der Waals surface area (Å²) in [6.07, 6.45) is 0. The van der Waals surface area contributed by atoms with Crippen LogP contribution in [0.3, 0.4) is 0 Å². The van der Waals surface area contributed by atoms with Crippen molar-refractivity contribution in [3.63, 3.8) is 0 Å². The Morgan fingerprint density at radius 3 is 2.26 bits per heavy atom. The van der Waals surface area contributed by atoms with Gasteiger partial charge in [0.25, 0.3) is 0 Å². The molecule has 19 heavy (non-hydrogen) atoms. The van der Waals surface area contributed by atoms with Crippen molar-refractivity contribution in [1.29, 1.82) is 0 Å². The van der Waals surface area contributed by atoms with E-state index in [-0.39, 0.29) is 0 Å². The molecule has 0 heterocycles. The van der Waals surface area contributed by atoms with Gasteiger partial charge in [-0.2, -0.15) is 0 Å².